The van der Waals surface area contributed by atoms with Gasteiger partial charge in [-0.1, -0.05) is 17.7 Å². The Kier molecular flexibility index (Phi) is 4.51. The second-order valence-electron chi connectivity index (χ2n) is 6.00. The molecular weight excluding hydrogens is 304 g/mol. The van der Waals surface area contributed by atoms with Crippen LogP contribution < -0.4 is 4.90 Å². The predicted octanol–water partition coefficient (Wildman–Crippen LogP) is 2.66. The van der Waals surface area contributed by atoms with Crippen molar-refractivity contribution in [3.63, 3.8) is 0 Å². The normalized spacial score (nSPS) is 14.5. The molecule has 1 saturated heterocycles. The van der Waals surface area contributed by atoms with Crippen LogP contribution in [0.4, 0.5) is 5.69 Å². The second-order valence-corrected chi connectivity index (χ2v) is 6.00. The summed E-state index contributed by atoms with van der Waals surface area (Å²) in [5.41, 5.74) is 3.13. The van der Waals surface area contributed by atoms with Crippen LogP contribution in [0.1, 0.15) is 26.3 Å². The first kappa shape index (κ1) is 16.1. The van der Waals surface area contributed by atoms with Crippen LogP contribution in [0, 0.1) is 6.92 Å². The molecule has 0 aromatic heterocycles. The lowest BCUT2D eigenvalue weighted by molar-refractivity contribution is 0.0695. The molecule has 0 spiro atoms. The minimum Gasteiger partial charge on any atom is -0.478 e. The van der Waals surface area contributed by atoms with E-state index in [-0.39, 0.29) is 11.5 Å². The Morgan fingerprint density at radius 3 is 1.92 bits per heavy atom. The van der Waals surface area contributed by atoms with Gasteiger partial charge in [-0.3, -0.25) is 4.79 Å². The van der Waals surface area contributed by atoms with Crippen LogP contribution in [0.3, 0.4) is 0 Å². The third-order valence-corrected chi connectivity index (χ3v) is 4.34. The molecule has 3 rings (SSSR count). The van der Waals surface area contributed by atoms with E-state index in [0.717, 1.165) is 29.9 Å². The Balaban J connectivity index is 1.62. The number of amides is 1. The minimum atomic E-state index is -0.921. The molecule has 5 nitrogen and oxygen atoms in total. The Morgan fingerprint density at radius 2 is 1.38 bits per heavy atom. The Morgan fingerprint density at radius 1 is 0.833 bits per heavy atom. The molecule has 1 aliphatic rings. The summed E-state index contributed by atoms with van der Waals surface area (Å²) in [6.07, 6.45) is 0. The van der Waals surface area contributed by atoms with E-state index in [1.54, 1.807) is 12.1 Å². The third kappa shape index (κ3) is 3.40. The van der Waals surface area contributed by atoms with E-state index in [2.05, 4.69) is 4.90 Å². The highest BCUT2D eigenvalue weighted by molar-refractivity contribution is 5.94. The largest absolute Gasteiger partial charge is 0.478 e. The maximum absolute atomic E-state index is 12.5. The van der Waals surface area contributed by atoms with E-state index in [9.17, 15) is 9.59 Å². The molecule has 1 N–H and O–H groups in total. The fourth-order valence-corrected chi connectivity index (χ4v) is 2.86. The molecule has 0 atom stereocenters. The highest BCUT2D eigenvalue weighted by Crippen LogP contribution is 2.18. The van der Waals surface area contributed by atoms with Gasteiger partial charge in [0, 0.05) is 37.4 Å². The number of carbonyl (C=O) groups excluding carboxylic acids is 1. The smallest absolute Gasteiger partial charge is 0.335 e. The monoisotopic (exact) mass is 324 g/mol. The zero-order valence-electron chi connectivity index (χ0n) is 13.6. The van der Waals surface area contributed by atoms with Gasteiger partial charge in [0.1, 0.15) is 0 Å². The number of rotatable bonds is 3. The van der Waals surface area contributed by atoms with Gasteiger partial charge in [-0.25, -0.2) is 4.79 Å². The molecule has 2 aromatic carbocycles. The number of anilines is 1. The summed E-state index contributed by atoms with van der Waals surface area (Å²) in [6.45, 7) is 4.80. The van der Waals surface area contributed by atoms with Gasteiger partial charge < -0.3 is 14.9 Å². The lowest BCUT2D eigenvalue weighted by atomic mass is 10.1. The SMILES string of the molecule is Cc1ccc(C(=O)N2CCN(c3ccc(C(=O)O)cc3)CC2)cc1. The molecule has 124 valence electrons. The molecule has 1 amide bonds. The van der Waals surface area contributed by atoms with Crippen LogP contribution in [0.25, 0.3) is 0 Å². The zero-order chi connectivity index (χ0) is 17.1. The molecular formula is C19H20N2O3. The second kappa shape index (κ2) is 6.74. The van der Waals surface area contributed by atoms with E-state index < -0.39 is 5.97 Å². The number of aryl methyl sites for hydroxylation is 1. The summed E-state index contributed by atoms with van der Waals surface area (Å²) in [7, 11) is 0. The van der Waals surface area contributed by atoms with Gasteiger partial charge in [-0.05, 0) is 43.3 Å². The first-order valence-electron chi connectivity index (χ1n) is 7.99. The predicted molar refractivity (Wildman–Crippen MR) is 92.7 cm³/mol. The van der Waals surface area contributed by atoms with Gasteiger partial charge in [-0.15, -0.1) is 0 Å². The summed E-state index contributed by atoms with van der Waals surface area (Å²) in [6, 6.07) is 14.5. The summed E-state index contributed by atoms with van der Waals surface area (Å²) >= 11 is 0. The summed E-state index contributed by atoms with van der Waals surface area (Å²) < 4.78 is 0. The highest BCUT2D eigenvalue weighted by atomic mass is 16.4. The van der Waals surface area contributed by atoms with Crippen molar-refractivity contribution < 1.29 is 14.7 Å². The van der Waals surface area contributed by atoms with Crippen LogP contribution in [0.15, 0.2) is 48.5 Å². The van der Waals surface area contributed by atoms with E-state index >= 15 is 0 Å². The maximum Gasteiger partial charge on any atom is 0.335 e. The quantitative estimate of drug-likeness (QED) is 0.943. The fraction of sp³-hybridized carbons (Fsp3) is 0.263. The van der Waals surface area contributed by atoms with Crippen molar-refractivity contribution >= 4 is 17.6 Å². The van der Waals surface area contributed by atoms with Gasteiger partial charge in [0.25, 0.3) is 5.91 Å². The maximum atomic E-state index is 12.5. The number of hydrogen-bond acceptors (Lipinski definition) is 3. The standard InChI is InChI=1S/C19H20N2O3/c1-14-2-4-15(5-3-14)18(22)21-12-10-20(11-13-21)17-8-6-16(7-9-17)19(23)24/h2-9H,10-13H2,1H3,(H,23,24). The molecule has 24 heavy (non-hydrogen) atoms. The average molecular weight is 324 g/mol. The Bertz CT molecular complexity index is 730. The number of benzene rings is 2. The summed E-state index contributed by atoms with van der Waals surface area (Å²) in [5.74, 6) is -0.856. The molecule has 0 radical (unpaired) electrons. The van der Waals surface area contributed by atoms with Gasteiger partial charge in [0.05, 0.1) is 5.56 Å². The van der Waals surface area contributed by atoms with Gasteiger partial charge >= 0.3 is 5.97 Å². The molecule has 0 bridgehead atoms. The number of aromatic carboxylic acids is 1. The Labute approximate surface area is 141 Å². The van der Waals surface area contributed by atoms with Crippen molar-refractivity contribution in [2.45, 2.75) is 6.92 Å². The number of piperazine rings is 1. The summed E-state index contributed by atoms with van der Waals surface area (Å²) in [4.78, 5) is 27.5. The topological polar surface area (TPSA) is 60.9 Å². The molecule has 1 heterocycles. The van der Waals surface area contributed by atoms with Crippen LogP contribution in [0.5, 0.6) is 0 Å². The molecule has 5 heteroatoms. The zero-order valence-corrected chi connectivity index (χ0v) is 13.6. The van der Waals surface area contributed by atoms with Crippen LogP contribution >= 0.6 is 0 Å². The van der Waals surface area contributed by atoms with E-state index in [4.69, 9.17) is 5.11 Å². The number of nitrogens with zero attached hydrogens (tertiary/aromatic N) is 2. The van der Waals surface area contributed by atoms with Crippen molar-refractivity contribution in [3.8, 4) is 0 Å². The molecule has 0 unspecified atom stereocenters. The van der Waals surface area contributed by atoms with E-state index in [0.29, 0.717) is 13.1 Å². The van der Waals surface area contributed by atoms with E-state index in [1.807, 2.05) is 48.2 Å². The number of carboxylic acid groups (broad SMARTS) is 1. The van der Waals surface area contributed by atoms with Crippen LogP contribution in [-0.4, -0.2) is 48.1 Å². The van der Waals surface area contributed by atoms with Crippen molar-refractivity contribution in [1.82, 2.24) is 4.90 Å². The number of carbonyl (C=O) groups is 2. The number of hydrogen-bond donors (Lipinski definition) is 1. The molecule has 1 fully saturated rings. The lowest BCUT2D eigenvalue weighted by Crippen LogP contribution is -2.48. The molecule has 1 aliphatic heterocycles. The molecule has 0 aliphatic carbocycles. The van der Waals surface area contributed by atoms with Crippen LogP contribution in [-0.2, 0) is 0 Å². The van der Waals surface area contributed by atoms with Gasteiger partial charge in [-0.2, -0.15) is 0 Å². The van der Waals surface area contributed by atoms with Crippen molar-refractivity contribution in [2.24, 2.45) is 0 Å². The van der Waals surface area contributed by atoms with Crippen molar-refractivity contribution in [1.29, 1.82) is 0 Å². The first-order chi connectivity index (χ1) is 11.5. The summed E-state index contributed by atoms with van der Waals surface area (Å²) in [5, 5.41) is 8.95. The fourth-order valence-electron chi connectivity index (χ4n) is 2.86. The molecule has 2 aromatic rings. The average Bonchev–Trinajstić information content (AvgIpc) is 2.62. The molecule has 0 saturated carbocycles. The third-order valence-electron chi connectivity index (χ3n) is 4.34. The van der Waals surface area contributed by atoms with E-state index in [1.165, 1.54) is 0 Å². The lowest BCUT2D eigenvalue weighted by Gasteiger charge is -2.36. The minimum absolute atomic E-state index is 0.0656. The van der Waals surface area contributed by atoms with Gasteiger partial charge in [0.2, 0.25) is 0 Å². The number of carboxylic acids is 1. The van der Waals surface area contributed by atoms with Crippen molar-refractivity contribution in [2.75, 3.05) is 31.1 Å². The van der Waals surface area contributed by atoms with Crippen LogP contribution in [0.2, 0.25) is 0 Å². The van der Waals surface area contributed by atoms with Crippen molar-refractivity contribution in [3.05, 3.63) is 65.2 Å². The highest BCUT2D eigenvalue weighted by Gasteiger charge is 2.22. The van der Waals surface area contributed by atoms with Gasteiger partial charge in [0.15, 0.2) is 0 Å². The Hall–Kier alpha value is -2.82. The first-order valence-corrected chi connectivity index (χ1v) is 7.99.